The Labute approximate surface area is 211 Å². The Kier molecular flexibility index (Phi) is 8.76. The zero-order valence-electron chi connectivity index (χ0n) is 20.9. The van der Waals surface area contributed by atoms with Crippen molar-refractivity contribution < 1.29 is 34.0 Å². The highest BCUT2D eigenvalue weighted by Gasteiger charge is 2.56. The fourth-order valence-electron chi connectivity index (χ4n) is 4.36. The molecule has 194 valence electrons. The molecule has 0 spiro atoms. The number of carbonyl (C=O) groups is 2. The summed E-state index contributed by atoms with van der Waals surface area (Å²) in [7, 11) is 0. The van der Waals surface area contributed by atoms with E-state index in [1.165, 1.54) is 0 Å². The van der Waals surface area contributed by atoms with Gasteiger partial charge in [0.05, 0.1) is 43.0 Å². The average Bonchev–Trinajstić information content (AvgIpc) is 3.45. The third-order valence-electron chi connectivity index (χ3n) is 7.05. The van der Waals surface area contributed by atoms with Crippen LogP contribution in [0.25, 0.3) is 6.08 Å². The quantitative estimate of drug-likeness (QED) is 0.354. The van der Waals surface area contributed by atoms with Crippen LogP contribution in [0.1, 0.15) is 53.2 Å². The molecule has 2 saturated heterocycles. The number of fused-ring (bicyclic) bond motifs is 1. The zero-order chi connectivity index (χ0) is 26.0. The molecule has 3 rings (SSSR count). The Hall–Kier alpha value is -1.84. The van der Waals surface area contributed by atoms with E-state index in [1.807, 2.05) is 31.2 Å². The van der Waals surface area contributed by atoms with E-state index in [0.29, 0.717) is 12.1 Å². The number of hydrogen-bond acceptors (Lipinski definition) is 8. The second kappa shape index (κ2) is 11.0. The first-order chi connectivity index (χ1) is 16.3. The van der Waals surface area contributed by atoms with E-state index in [2.05, 4.69) is 4.98 Å². The average molecular weight is 510 g/mol. The molecular weight excluding hydrogens is 474 g/mol. The molecule has 1 aromatic rings. The summed E-state index contributed by atoms with van der Waals surface area (Å²) >= 11 is 6.56. The minimum absolute atomic E-state index is 0.0898. The molecule has 0 bridgehead atoms. The number of aliphatic hydroxyl groups excluding tert-OH is 2. The van der Waals surface area contributed by atoms with Crippen LogP contribution in [0.3, 0.4) is 0 Å². The lowest BCUT2D eigenvalue weighted by atomic mass is 9.73. The van der Waals surface area contributed by atoms with Gasteiger partial charge in [-0.2, -0.15) is 0 Å². The predicted molar refractivity (Wildman–Crippen MR) is 130 cm³/mol. The largest absolute Gasteiger partial charge is 0.458 e. The number of rotatable bonds is 2. The second-order valence-electron chi connectivity index (χ2n) is 10.3. The molecule has 8 nitrogen and oxygen atoms in total. The molecule has 1 aromatic heterocycles. The van der Waals surface area contributed by atoms with E-state index in [1.54, 1.807) is 33.9 Å². The van der Waals surface area contributed by atoms with Gasteiger partial charge in [-0.05, 0) is 30.7 Å². The minimum Gasteiger partial charge on any atom is -0.458 e. The number of epoxide rings is 1. The molecule has 2 aliphatic rings. The number of hydrogen-bond donors (Lipinski definition) is 2. The Morgan fingerprint density at radius 3 is 2.60 bits per heavy atom. The molecule has 0 unspecified atom stereocenters. The highest BCUT2D eigenvalue weighted by Crippen LogP contribution is 2.45. The summed E-state index contributed by atoms with van der Waals surface area (Å²) in [6.07, 6.45) is 0.0507. The van der Waals surface area contributed by atoms with Crippen LogP contribution in [-0.2, 0) is 23.8 Å². The van der Waals surface area contributed by atoms with Crippen molar-refractivity contribution >= 4 is 29.4 Å². The summed E-state index contributed by atoms with van der Waals surface area (Å²) in [5.41, 5.74) is 0.179. The van der Waals surface area contributed by atoms with Crippen LogP contribution in [0.2, 0.25) is 0 Å². The molecule has 35 heavy (non-hydrogen) atoms. The maximum atomic E-state index is 13.1. The summed E-state index contributed by atoms with van der Waals surface area (Å²) in [5, 5.41) is 20.5. The van der Waals surface area contributed by atoms with Crippen molar-refractivity contribution in [3.8, 4) is 0 Å². The molecule has 9 heteroatoms. The van der Waals surface area contributed by atoms with E-state index in [4.69, 9.17) is 25.8 Å². The molecule has 7 atom stereocenters. The zero-order valence-corrected chi connectivity index (χ0v) is 21.7. The summed E-state index contributed by atoms with van der Waals surface area (Å²) in [6.45, 7) is 8.65. The monoisotopic (exact) mass is 509 g/mol. The first-order valence-electron chi connectivity index (χ1n) is 12.0. The van der Waals surface area contributed by atoms with E-state index in [9.17, 15) is 19.8 Å². The third kappa shape index (κ3) is 6.68. The van der Waals surface area contributed by atoms with Gasteiger partial charge in [-0.25, -0.2) is 0 Å². The summed E-state index contributed by atoms with van der Waals surface area (Å²) in [4.78, 5) is 30.3. The number of alkyl halides is 1. The number of aromatic nitrogens is 1. The van der Waals surface area contributed by atoms with Gasteiger partial charge < -0.3 is 24.4 Å². The smallest absolute Gasteiger partial charge is 0.309 e. The van der Waals surface area contributed by atoms with Gasteiger partial charge in [0.15, 0.2) is 5.06 Å². The first-order valence-corrected chi connectivity index (χ1v) is 12.4. The number of carbonyl (C=O) groups excluding carboxylic acids is 2. The number of ether oxygens (including phenoxy) is 3. The number of Topliss-reactive ketones (excluding diaryl/α,β-unsaturated/α-hetero) is 1. The summed E-state index contributed by atoms with van der Waals surface area (Å²) < 4.78 is 17.2. The Balaban J connectivity index is 1.86. The lowest BCUT2D eigenvalue weighted by Gasteiger charge is -2.34. The maximum Gasteiger partial charge on any atom is 0.309 e. The highest BCUT2D eigenvalue weighted by molar-refractivity contribution is 6.25. The number of halogens is 1. The van der Waals surface area contributed by atoms with Crippen molar-refractivity contribution in [2.24, 2.45) is 17.3 Å². The second-order valence-corrected chi connectivity index (χ2v) is 11.0. The normalized spacial score (nSPS) is 37.3. The van der Waals surface area contributed by atoms with Gasteiger partial charge in [0.1, 0.15) is 18.0 Å². The molecule has 2 fully saturated rings. The molecule has 0 aliphatic carbocycles. The molecule has 0 amide bonds. The van der Waals surface area contributed by atoms with E-state index < -0.39 is 46.8 Å². The minimum atomic E-state index is -1.29. The van der Waals surface area contributed by atoms with Gasteiger partial charge in [0.2, 0.25) is 0 Å². The SMILES string of the molecule is CC(=Cc1ccccn1)[C@@H]1C[C@@H]2O[C@]2(Cl)COC[C@H](C)[C@H](O)[C@@H](C)C(=O)C(C)(C)[C@@H](O)CC(=O)O1. The fraction of sp³-hybridized carbons (Fsp3) is 0.654. The van der Waals surface area contributed by atoms with Crippen LogP contribution in [0.5, 0.6) is 0 Å². The number of ketones is 1. The van der Waals surface area contributed by atoms with Gasteiger partial charge >= 0.3 is 5.97 Å². The molecule has 3 heterocycles. The van der Waals surface area contributed by atoms with Crippen molar-refractivity contribution in [2.75, 3.05) is 13.2 Å². The van der Waals surface area contributed by atoms with Gasteiger partial charge in [-0.15, -0.1) is 0 Å². The molecule has 2 N–H and O–H groups in total. The van der Waals surface area contributed by atoms with Crippen LogP contribution >= 0.6 is 11.6 Å². The van der Waals surface area contributed by atoms with Crippen LogP contribution in [0.15, 0.2) is 30.0 Å². The van der Waals surface area contributed by atoms with Crippen LogP contribution in [0.4, 0.5) is 0 Å². The highest BCUT2D eigenvalue weighted by atomic mass is 35.5. The van der Waals surface area contributed by atoms with Crippen molar-refractivity contribution in [1.82, 2.24) is 4.98 Å². The summed E-state index contributed by atoms with van der Waals surface area (Å²) in [6, 6.07) is 5.50. The molecule has 0 aromatic carbocycles. The maximum absolute atomic E-state index is 13.1. The Bertz CT molecular complexity index is 937. The number of nitrogens with zero attached hydrogens (tertiary/aromatic N) is 1. The lowest BCUT2D eigenvalue weighted by Crippen LogP contribution is -2.46. The van der Waals surface area contributed by atoms with Crippen molar-refractivity contribution in [1.29, 1.82) is 0 Å². The predicted octanol–water partition coefficient (Wildman–Crippen LogP) is 3.13. The molecule has 2 aliphatic heterocycles. The standard InChI is InChI=1S/C26H36ClNO7/c1-15(10-18-8-6-7-9-28-18)19-11-21-26(27,35-21)14-33-13-16(2)23(31)17(3)24(32)25(4,5)20(29)12-22(30)34-19/h6-10,16-17,19-21,23,29,31H,11-14H2,1-5H3/t16-,17+,19-,20-,21-,23-,26+/m0/s1. The van der Waals surface area contributed by atoms with E-state index in [-0.39, 0.29) is 31.3 Å². The third-order valence-corrected chi connectivity index (χ3v) is 7.49. The van der Waals surface area contributed by atoms with Crippen LogP contribution < -0.4 is 0 Å². The summed E-state index contributed by atoms with van der Waals surface area (Å²) in [5.74, 6) is -2.11. The number of cyclic esters (lactones) is 1. The van der Waals surface area contributed by atoms with Gasteiger partial charge in [-0.3, -0.25) is 14.6 Å². The van der Waals surface area contributed by atoms with E-state index >= 15 is 0 Å². The van der Waals surface area contributed by atoms with Crippen LogP contribution in [0, 0.1) is 17.3 Å². The van der Waals surface area contributed by atoms with Gasteiger partial charge in [0.25, 0.3) is 0 Å². The lowest BCUT2D eigenvalue weighted by molar-refractivity contribution is -0.154. The van der Waals surface area contributed by atoms with E-state index in [0.717, 1.165) is 5.57 Å². The number of esters is 1. The van der Waals surface area contributed by atoms with Crippen molar-refractivity contribution in [3.63, 3.8) is 0 Å². The first kappa shape index (κ1) is 27.7. The Morgan fingerprint density at radius 2 is 1.94 bits per heavy atom. The van der Waals surface area contributed by atoms with Gasteiger partial charge in [-0.1, -0.05) is 45.4 Å². The molecular formula is C26H36ClNO7. The molecule has 0 saturated carbocycles. The fourth-order valence-corrected chi connectivity index (χ4v) is 4.64. The topological polar surface area (TPSA) is 118 Å². The van der Waals surface area contributed by atoms with Crippen molar-refractivity contribution in [2.45, 2.75) is 76.9 Å². The van der Waals surface area contributed by atoms with Crippen molar-refractivity contribution in [3.05, 3.63) is 35.7 Å². The number of aliphatic hydroxyl groups is 2. The Morgan fingerprint density at radius 1 is 1.23 bits per heavy atom. The molecule has 0 radical (unpaired) electrons. The number of pyridine rings is 1. The van der Waals surface area contributed by atoms with Crippen LogP contribution in [-0.4, -0.2) is 69.6 Å². The van der Waals surface area contributed by atoms with Gasteiger partial charge in [0, 0.05) is 24.5 Å².